The molecule has 0 amide bonds. The fourth-order valence-corrected chi connectivity index (χ4v) is 3.91. The van der Waals surface area contributed by atoms with Crippen LogP contribution in [0, 0.1) is 0 Å². The average molecular weight is 320 g/mol. The Morgan fingerprint density at radius 3 is 2.80 bits per heavy atom. The normalized spacial score (nSPS) is 11.9. The molecule has 1 rings (SSSR count). The third kappa shape index (κ3) is 6.32. The van der Waals surface area contributed by atoms with Crippen molar-refractivity contribution in [3.8, 4) is 0 Å². The first-order valence-corrected chi connectivity index (χ1v) is 9.32. The molecule has 2 N–H and O–H groups in total. The standard InChI is InChI=1S/C13H24N2O3S2/c1-3-6-14-10-12-9-13(11-19-12)20(16,17)15-7-5-8-18-4-2/h9,11,14-15H,3-8,10H2,1-2H3. The Morgan fingerprint density at radius 2 is 2.10 bits per heavy atom. The van der Waals surface area contributed by atoms with Gasteiger partial charge in [0.05, 0.1) is 4.90 Å². The van der Waals surface area contributed by atoms with Gasteiger partial charge in [-0.1, -0.05) is 6.92 Å². The molecular weight excluding hydrogens is 296 g/mol. The van der Waals surface area contributed by atoms with Crippen LogP contribution in [0.3, 0.4) is 0 Å². The van der Waals surface area contributed by atoms with Crippen molar-refractivity contribution < 1.29 is 13.2 Å². The van der Waals surface area contributed by atoms with Gasteiger partial charge in [-0.15, -0.1) is 11.3 Å². The second-order valence-electron chi connectivity index (χ2n) is 4.37. The lowest BCUT2D eigenvalue weighted by Gasteiger charge is -2.05. The van der Waals surface area contributed by atoms with Crippen molar-refractivity contribution in [1.29, 1.82) is 0 Å². The van der Waals surface area contributed by atoms with Gasteiger partial charge in [0.15, 0.2) is 0 Å². The van der Waals surface area contributed by atoms with Crippen LogP contribution in [0.4, 0.5) is 0 Å². The topological polar surface area (TPSA) is 67.4 Å². The van der Waals surface area contributed by atoms with Gasteiger partial charge in [-0.3, -0.25) is 0 Å². The lowest BCUT2D eigenvalue weighted by atomic mass is 10.4. The Labute approximate surface area is 125 Å². The van der Waals surface area contributed by atoms with E-state index >= 15 is 0 Å². The van der Waals surface area contributed by atoms with Gasteiger partial charge in [0.2, 0.25) is 10.0 Å². The zero-order valence-corrected chi connectivity index (χ0v) is 13.8. The summed E-state index contributed by atoms with van der Waals surface area (Å²) in [6, 6.07) is 1.73. The molecule has 20 heavy (non-hydrogen) atoms. The molecule has 0 spiro atoms. The number of rotatable bonds is 11. The largest absolute Gasteiger partial charge is 0.382 e. The Kier molecular flexibility index (Phi) is 8.32. The van der Waals surface area contributed by atoms with E-state index in [0.29, 0.717) is 31.1 Å². The van der Waals surface area contributed by atoms with E-state index in [0.717, 1.165) is 24.4 Å². The zero-order valence-electron chi connectivity index (χ0n) is 12.1. The predicted molar refractivity (Wildman–Crippen MR) is 82.6 cm³/mol. The van der Waals surface area contributed by atoms with Gasteiger partial charge in [-0.2, -0.15) is 0 Å². The first kappa shape index (κ1) is 17.6. The Morgan fingerprint density at radius 1 is 1.30 bits per heavy atom. The van der Waals surface area contributed by atoms with Crippen molar-refractivity contribution in [3.05, 3.63) is 16.3 Å². The van der Waals surface area contributed by atoms with Crippen LogP contribution < -0.4 is 10.0 Å². The minimum absolute atomic E-state index is 0.354. The molecule has 116 valence electrons. The minimum atomic E-state index is -3.38. The van der Waals surface area contributed by atoms with Crippen LogP contribution in [0.25, 0.3) is 0 Å². The van der Waals surface area contributed by atoms with Crippen molar-refractivity contribution in [2.45, 2.75) is 38.1 Å². The van der Waals surface area contributed by atoms with E-state index in [1.54, 1.807) is 11.4 Å². The SMILES string of the molecule is CCCNCc1cc(S(=O)(=O)NCCCOCC)cs1. The summed E-state index contributed by atoms with van der Waals surface area (Å²) in [4.78, 5) is 1.39. The first-order chi connectivity index (χ1) is 9.60. The summed E-state index contributed by atoms with van der Waals surface area (Å²) in [5.74, 6) is 0. The highest BCUT2D eigenvalue weighted by Gasteiger charge is 2.15. The molecule has 0 unspecified atom stereocenters. The fraction of sp³-hybridized carbons (Fsp3) is 0.692. The van der Waals surface area contributed by atoms with Gasteiger partial charge in [-0.25, -0.2) is 13.1 Å². The minimum Gasteiger partial charge on any atom is -0.382 e. The van der Waals surface area contributed by atoms with Crippen molar-refractivity contribution in [1.82, 2.24) is 10.0 Å². The van der Waals surface area contributed by atoms with E-state index in [-0.39, 0.29) is 0 Å². The average Bonchev–Trinajstić information content (AvgIpc) is 2.88. The molecule has 1 aromatic heterocycles. The van der Waals surface area contributed by atoms with Gasteiger partial charge in [0.1, 0.15) is 0 Å². The van der Waals surface area contributed by atoms with Crippen LogP contribution in [0.5, 0.6) is 0 Å². The molecular formula is C13H24N2O3S2. The summed E-state index contributed by atoms with van der Waals surface area (Å²) < 4.78 is 31.9. The Hall–Kier alpha value is -0.470. The molecule has 5 nitrogen and oxygen atoms in total. The number of hydrogen-bond donors (Lipinski definition) is 2. The molecule has 0 saturated carbocycles. The molecule has 0 aromatic carbocycles. The second-order valence-corrected chi connectivity index (χ2v) is 7.14. The first-order valence-electron chi connectivity index (χ1n) is 6.95. The molecule has 1 heterocycles. The van der Waals surface area contributed by atoms with Crippen LogP contribution >= 0.6 is 11.3 Å². The van der Waals surface area contributed by atoms with Crippen molar-refractivity contribution in [2.75, 3.05) is 26.3 Å². The monoisotopic (exact) mass is 320 g/mol. The number of hydrogen-bond acceptors (Lipinski definition) is 5. The summed E-state index contributed by atoms with van der Waals surface area (Å²) in [7, 11) is -3.38. The summed E-state index contributed by atoms with van der Waals surface area (Å²) >= 11 is 1.47. The highest BCUT2D eigenvalue weighted by molar-refractivity contribution is 7.89. The molecule has 0 saturated heterocycles. The molecule has 0 radical (unpaired) electrons. The summed E-state index contributed by atoms with van der Waals surface area (Å²) in [6.45, 7) is 7.32. The van der Waals surface area contributed by atoms with Crippen LogP contribution in [0.1, 0.15) is 31.6 Å². The number of thiophene rings is 1. The van der Waals surface area contributed by atoms with Gasteiger partial charge < -0.3 is 10.1 Å². The molecule has 0 aliphatic heterocycles. The van der Waals surface area contributed by atoms with Crippen LogP contribution in [0.2, 0.25) is 0 Å². The fourth-order valence-electron chi connectivity index (χ4n) is 1.59. The summed E-state index contributed by atoms with van der Waals surface area (Å²) in [6.07, 6.45) is 1.75. The maximum atomic E-state index is 12.0. The smallest absolute Gasteiger partial charge is 0.241 e. The van der Waals surface area contributed by atoms with Crippen molar-refractivity contribution >= 4 is 21.4 Å². The van der Waals surface area contributed by atoms with Crippen molar-refractivity contribution in [3.63, 3.8) is 0 Å². The van der Waals surface area contributed by atoms with E-state index in [4.69, 9.17) is 4.74 Å². The number of nitrogens with one attached hydrogen (secondary N) is 2. The van der Waals surface area contributed by atoms with E-state index in [1.807, 2.05) is 6.92 Å². The number of ether oxygens (including phenoxy) is 1. The maximum Gasteiger partial charge on any atom is 0.241 e. The quantitative estimate of drug-likeness (QED) is 0.612. The maximum absolute atomic E-state index is 12.0. The molecule has 0 bridgehead atoms. The van der Waals surface area contributed by atoms with E-state index in [9.17, 15) is 8.42 Å². The van der Waals surface area contributed by atoms with Crippen LogP contribution in [-0.4, -0.2) is 34.7 Å². The molecule has 0 aliphatic carbocycles. The van der Waals surface area contributed by atoms with Crippen LogP contribution in [0.15, 0.2) is 16.3 Å². The van der Waals surface area contributed by atoms with E-state index in [2.05, 4.69) is 17.0 Å². The Balaban J connectivity index is 2.42. The highest BCUT2D eigenvalue weighted by Crippen LogP contribution is 2.19. The lowest BCUT2D eigenvalue weighted by molar-refractivity contribution is 0.146. The number of sulfonamides is 1. The molecule has 7 heteroatoms. The summed E-state index contributed by atoms with van der Waals surface area (Å²) in [5.41, 5.74) is 0. The van der Waals surface area contributed by atoms with Crippen LogP contribution in [-0.2, 0) is 21.3 Å². The van der Waals surface area contributed by atoms with Gasteiger partial charge in [0, 0.05) is 36.6 Å². The van der Waals surface area contributed by atoms with Crippen molar-refractivity contribution in [2.24, 2.45) is 0 Å². The Bertz CT molecular complexity index is 472. The lowest BCUT2D eigenvalue weighted by Crippen LogP contribution is -2.25. The second kappa shape index (κ2) is 9.46. The molecule has 0 fully saturated rings. The van der Waals surface area contributed by atoms with Gasteiger partial charge >= 0.3 is 0 Å². The third-order valence-corrected chi connectivity index (χ3v) is 5.15. The zero-order chi connectivity index (χ0) is 14.8. The molecule has 1 aromatic rings. The van der Waals surface area contributed by atoms with E-state index in [1.165, 1.54) is 11.3 Å². The predicted octanol–water partition coefficient (Wildman–Crippen LogP) is 1.95. The molecule has 0 aliphatic rings. The van der Waals surface area contributed by atoms with Gasteiger partial charge in [-0.05, 0) is 32.4 Å². The third-order valence-electron chi connectivity index (χ3n) is 2.63. The van der Waals surface area contributed by atoms with E-state index < -0.39 is 10.0 Å². The molecule has 0 atom stereocenters. The highest BCUT2D eigenvalue weighted by atomic mass is 32.2. The summed E-state index contributed by atoms with van der Waals surface area (Å²) in [5, 5.41) is 4.95. The van der Waals surface area contributed by atoms with Gasteiger partial charge in [0.25, 0.3) is 0 Å².